The predicted octanol–water partition coefficient (Wildman–Crippen LogP) is -1.06. The van der Waals surface area contributed by atoms with Gasteiger partial charge in [0.1, 0.15) is 17.5 Å². The van der Waals surface area contributed by atoms with Gasteiger partial charge in [0, 0.05) is 5.56 Å². The first-order chi connectivity index (χ1) is 17.5. The number of aromatic amines is 1. The van der Waals surface area contributed by atoms with Crippen LogP contribution in [0.5, 0.6) is 17.2 Å². The van der Waals surface area contributed by atoms with Gasteiger partial charge in [-0.05, 0) is 58.3 Å². The highest BCUT2D eigenvalue weighted by molar-refractivity contribution is 5.98. The minimum atomic E-state index is -1.33. The number of carboxylic acid groups (broad SMARTS) is 1. The molecule has 0 aliphatic carbocycles. The Balaban J connectivity index is 1.39. The fraction of sp³-hybridized carbons (Fsp3) is 0.0952. The minimum absolute atomic E-state index is 0.0253. The molecule has 0 bridgehead atoms. The van der Waals surface area contributed by atoms with Gasteiger partial charge >= 0.3 is 11.7 Å². The van der Waals surface area contributed by atoms with E-state index < -0.39 is 18.5 Å². The number of hydrazone groups is 1. The molecule has 0 spiro atoms. The topological polar surface area (TPSA) is 207 Å². The molecule has 0 atom stereocenters. The van der Waals surface area contributed by atoms with Crippen molar-refractivity contribution in [1.29, 1.82) is 0 Å². The molecule has 2 aromatic carbocycles. The summed E-state index contributed by atoms with van der Waals surface area (Å²) in [5, 5.41) is 28.5. The second kappa shape index (κ2) is 9.41. The van der Waals surface area contributed by atoms with Crippen molar-refractivity contribution in [3.63, 3.8) is 0 Å². The number of anilines is 1. The number of aliphatic carboxylic acids is 1. The highest BCUT2D eigenvalue weighted by Gasteiger charge is 2.32. The van der Waals surface area contributed by atoms with Gasteiger partial charge in [-0.1, -0.05) is 0 Å². The Hall–Kier alpha value is -5.47. The van der Waals surface area contributed by atoms with Gasteiger partial charge in [0.25, 0.3) is 11.5 Å². The van der Waals surface area contributed by atoms with E-state index in [1.165, 1.54) is 10.9 Å². The van der Waals surface area contributed by atoms with Crippen molar-refractivity contribution < 1.29 is 38.2 Å². The summed E-state index contributed by atoms with van der Waals surface area (Å²) in [5.41, 5.74) is 9.66. The number of benzene rings is 2. The van der Waals surface area contributed by atoms with Crippen LogP contribution in [0.3, 0.4) is 0 Å². The van der Waals surface area contributed by atoms with Crippen LogP contribution in [0.2, 0.25) is 0 Å². The van der Waals surface area contributed by atoms with Crippen LogP contribution < -0.4 is 35.2 Å². The van der Waals surface area contributed by atoms with Crippen LogP contribution in [0, 0.1) is 0 Å². The number of fused-ring (bicyclic) bond motifs is 1. The molecule has 5 rings (SSSR count). The maximum absolute atomic E-state index is 13.0. The van der Waals surface area contributed by atoms with E-state index in [2.05, 4.69) is 35.8 Å². The molecule has 182 valence electrons. The third kappa shape index (κ3) is 4.47. The number of nitrogens with one attached hydrogen (secondary N) is 2. The van der Waals surface area contributed by atoms with Crippen molar-refractivity contribution in [2.45, 2.75) is 0 Å². The summed E-state index contributed by atoms with van der Waals surface area (Å²) in [7, 11) is 0. The second-order valence-corrected chi connectivity index (χ2v) is 7.21. The maximum atomic E-state index is 13.0. The molecule has 1 amide bonds. The number of amides is 1. The molecule has 0 fully saturated rings. The van der Waals surface area contributed by atoms with Crippen molar-refractivity contribution in [1.82, 2.24) is 26.1 Å². The fourth-order valence-electron chi connectivity index (χ4n) is 3.29. The van der Waals surface area contributed by atoms with E-state index in [0.717, 1.165) is 0 Å². The summed E-state index contributed by atoms with van der Waals surface area (Å²) in [5.74, 6) is -0.507. The third-order valence-electron chi connectivity index (χ3n) is 4.89. The lowest BCUT2D eigenvalue weighted by Gasteiger charge is -2.06. The summed E-state index contributed by atoms with van der Waals surface area (Å²) < 4.78 is 21.8. The number of carboxylic acids is 1. The van der Waals surface area contributed by atoms with Crippen molar-refractivity contribution in [3.8, 4) is 34.3 Å². The van der Waals surface area contributed by atoms with E-state index in [9.17, 15) is 14.7 Å². The first kappa shape index (κ1) is 22.3. The Morgan fingerprint density at radius 3 is 2.75 bits per heavy atom. The zero-order valence-electron chi connectivity index (χ0n) is 18.2. The lowest BCUT2D eigenvalue weighted by molar-refractivity contribution is -0.652. The molecule has 4 N–H and O–H groups in total. The number of nitrogen functional groups attached to an aromatic ring is 1. The summed E-state index contributed by atoms with van der Waals surface area (Å²) in [6.07, 6.45) is 1.39. The standard InChI is InChI=1S/C21H16N8O7/c22-19-20(27-36-26-19)29-18(12-3-6-14-15(7-12)35-10-34-14)17(24-28-29)21(32)25-23-8-11-1-4-13(5-2-11)33-9-16(30)31/h1-8H,9-10H2,(H4,22,25,26,30,31,32). The summed E-state index contributed by atoms with van der Waals surface area (Å²) in [6.45, 7) is -0.481. The number of carbonyl (C=O) groups is 2. The molecule has 36 heavy (non-hydrogen) atoms. The van der Waals surface area contributed by atoms with Crippen molar-refractivity contribution in [3.05, 3.63) is 53.7 Å². The summed E-state index contributed by atoms with van der Waals surface area (Å²) >= 11 is 0. The van der Waals surface area contributed by atoms with Crippen molar-refractivity contribution in [2.75, 3.05) is 19.1 Å². The fourth-order valence-corrected chi connectivity index (χ4v) is 3.29. The molecule has 1 aliphatic heterocycles. The average Bonchev–Trinajstić information content (AvgIpc) is 3.62. The number of H-pyrrole nitrogens is 1. The summed E-state index contributed by atoms with van der Waals surface area (Å²) in [4.78, 5) is 23.5. The molecule has 2 aromatic heterocycles. The maximum Gasteiger partial charge on any atom is 0.377 e. The molecule has 0 radical (unpaired) electrons. The first-order valence-electron chi connectivity index (χ1n) is 10.2. The minimum Gasteiger partial charge on any atom is -0.546 e. The molecule has 15 nitrogen and oxygen atoms in total. The smallest absolute Gasteiger partial charge is 0.377 e. The highest BCUT2D eigenvalue weighted by atomic mass is 16.7. The van der Waals surface area contributed by atoms with E-state index in [0.29, 0.717) is 28.4 Å². The zero-order chi connectivity index (χ0) is 25.1. The average molecular weight is 492 g/mol. The Kier molecular flexibility index (Phi) is 5.84. The highest BCUT2D eigenvalue weighted by Crippen LogP contribution is 2.36. The number of nitrogens with two attached hydrogens (primary N) is 1. The Bertz CT molecular complexity index is 1460. The normalized spacial score (nSPS) is 12.1. The summed E-state index contributed by atoms with van der Waals surface area (Å²) in [6, 6.07) is 11.4. The largest absolute Gasteiger partial charge is 0.546 e. The van der Waals surface area contributed by atoms with E-state index in [1.54, 1.807) is 42.5 Å². The van der Waals surface area contributed by atoms with E-state index in [-0.39, 0.29) is 29.8 Å². The van der Waals surface area contributed by atoms with Crippen LogP contribution in [0.25, 0.3) is 17.1 Å². The number of rotatable bonds is 8. The zero-order valence-corrected chi connectivity index (χ0v) is 18.2. The number of aromatic nitrogens is 5. The first-order valence-corrected chi connectivity index (χ1v) is 10.2. The van der Waals surface area contributed by atoms with Gasteiger partial charge in [-0.2, -0.15) is 9.73 Å². The van der Waals surface area contributed by atoms with Gasteiger partial charge in [0.2, 0.25) is 6.79 Å². The van der Waals surface area contributed by atoms with Gasteiger partial charge in [0.15, 0.2) is 17.2 Å². The number of nitrogens with zero attached hydrogens (tertiary/aromatic N) is 5. The van der Waals surface area contributed by atoms with Crippen LogP contribution in [0.1, 0.15) is 16.1 Å². The number of hydrogen-bond donors (Lipinski definition) is 3. The van der Waals surface area contributed by atoms with Gasteiger partial charge in [-0.25, -0.2) is 5.43 Å². The van der Waals surface area contributed by atoms with E-state index in [1.807, 2.05) is 0 Å². The third-order valence-corrected chi connectivity index (χ3v) is 4.89. The van der Waals surface area contributed by atoms with Crippen LogP contribution in [-0.4, -0.2) is 52.1 Å². The molecule has 0 unspecified atom stereocenters. The number of ether oxygens (including phenoxy) is 3. The quantitative estimate of drug-likeness (QED) is 0.153. The molecular formula is C21H16N8O7. The number of hydrogen-bond acceptors (Lipinski definition) is 12. The molecule has 1 aliphatic rings. The van der Waals surface area contributed by atoms with Gasteiger partial charge < -0.3 is 29.8 Å². The SMILES string of the molecule is Nc1nonc1-[n+]1[nH]nc(C(=O)NN=Cc2ccc(OCC(=O)[O-])cc2)c1-c1ccc2c(c1)OCO2. The Morgan fingerprint density at radius 1 is 1.19 bits per heavy atom. The molecule has 4 aromatic rings. The molecule has 0 saturated carbocycles. The van der Waals surface area contributed by atoms with E-state index in [4.69, 9.17) is 19.9 Å². The van der Waals surface area contributed by atoms with Crippen LogP contribution in [0.4, 0.5) is 5.82 Å². The van der Waals surface area contributed by atoms with Crippen LogP contribution in [-0.2, 0) is 4.79 Å². The van der Waals surface area contributed by atoms with Crippen LogP contribution in [0.15, 0.2) is 52.2 Å². The molecule has 0 saturated heterocycles. The molecular weight excluding hydrogens is 476 g/mol. The van der Waals surface area contributed by atoms with Crippen molar-refractivity contribution in [2.24, 2.45) is 5.10 Å². The van der Waals surface area contributed by atoms with Crippen molar-refractivity contribution >= 4 is 23.9 Å². The van der Waals surface area contributed by atoms with E-state index >= 15 is 0 Å². The van der Waals surface area contributed by atoms with Gasteiger partial charge in [-0.3, -0.25) is 4.79 Å². The molecule has 15 heteroatoms. The second-order valence-electron chi connectivity index (χ2n) is 7.21. The monoisotopic (exact) mass is 492 g/mol. The molecule has 3 heterocycles. The lowest BCUT2D eigenvalue weighted by atomic mass is 10.1. The van der Waals surface area contributed by atoms with Gasteiger partial charge in [-0.15, -0.1) is 9.90 Å². The number of carbonyl (C=O) groups excluding carboxylic acids is 2. The Morgan fingerprint density at radius 2 is 2.00 bits per heavy atom. The predicted molar refractivity (Wildman–Crippen MR) is 116 cm³/mol. The lowest BCUT2D eigenvalue weighted by Crippen LogP contribution is -2.37. The van der Waals surface area contributed by atoms with Gasteiger partial charge in [0.05, 0.1) is 12.2 Å². The Labute approximate surface area is 201 Å². The van der Waals surface area contributed by atoms with Crippen LogP contribution >= 0.6 is 0 Å².